The zero-order valence-electron chi connectivity index (χ0n) is 12.5. The van der Waals surface area contributed by atoms with Crippen LogP contribution in [0, 0.1) is 0 Å². The second-order valence-corrected chi connectivity index (χ2v) is 4.98. The molecule has 0 saturated carbocycles. The van der Waals surface area contributed by atoms with Gasteiger partial charge in [0.25, 0.3) is 0 Å². The van der Waals surface area contributed by atoms with E-state index in [1.54, 1.807) is 11.9 Å². The van der Waals surface area contributed by atoms with Crippen LogP contribution in [0.15, 0.2) is 24.3 Å². The third kappa shape index (κ3) is 5.84. The molecular weight excluding hydrogens is 256 g/mol. The lowest BCUT2D eigenvalue weighted by Gasteiger charge is -2.15. The molecule has 0 aliphatic rings. The van der Waals surface area contributed by atoms with Gasteiger partial charge in [-0.25, -0.2) is 0 Å². The third-order valence-electron chi connectivity index (χ3n) is 2.72. The van der Waals surface area contributed by atoms with Gasteiger partial charge in [0.1, 0.15) is 6.61 Å². The Morgan fingerprint density at radius 3 is 2.65 bits per heavy atom. The molecule has 0 aliphatic carbocycles. The third-order valence-corrected chi connectivity index (χ3v) is 2.72. The summed E-state index contributed by atoms with van der Waals surface area (Å²) in [5.74, 6) is -0.180. The van der Waals surface area contributed by atoms with E-state index in [0.717, 1.165) is 5.56 Å². The van der Waals surface area contributed by atoms with Crippen molar-refractivity contribution in [2.75, 3.05) is 19.0 Å². The highest BCUT2D eigenvalue weighted by Crippen LogP contribution is 2.12. The van der Waals surface area contributed by atoms with Crippen LogP contribution in [0.1, 0.15) is 26.3 Å². The number of nitrogens with one attached hydrogen (secondary N) is 1. The van der Waals surface area contributed by atoms with Crippen molar-refractivity contribution in [3.8, 4) is 0 Å². The van der Waals surface area contributed by atoms with Crippen molar-refractivity contribution in [3.05, 3.63) is 29.8 Å². The quantitative estimate of drug-likeness (QED) is 0.866. The number of carbonyl (C=O) groups excluding carboxylic acids is 2. The number of rotatable bonds is 6. The number of hydrogen-bond acceptors (Lipinski definition) is 3. The summed E-state index contributed by atoms with van der Waals surface area (Å²) in [7, 11) is 1.74. The Morgan fingerprint density at radius 1 is 1.35 bits per heavy atom. The molecule has 20 heavy (non-hydrogen) atoms. The van der Waals surface area contributed by atoms with Gasteiger partial charge in [-0.05, 0) is 31.5 Å². The van der Waals surface area contributed by atoms with E-state index in [-0.39, 0.29) is 24.5 Å². The number of benzene rings is 1. The molecule has 0 aliphatic heterocycles. The van der Waals surface area contributed by atoms with Gasteiger partial charge in [0.05, 0.1) is 6.10 Å². The molecule has 0 fully saturated rings. The zero-order chi connectivity index (χ0) is 15.1. The monoisotopic (exact) mass is 278 g/mol. The summed E-state index contributed by atoms with van der Waals surface area (Å²) in [6, 6.07) is 7.43. The zero-order valence-corrected chi connectivity index (χ0v) is 12.5. The van der Waals surface area contributed by atoms with Gasteiger partial charge in [-0.3, -0.25) is 9.59 Å². The number of amides is 2. The first-order valence-electron chi connectivity index (χ1n) is 6.60. The highest BCUT2D eigenvalue weighted by molar-refractivity contribution is 5.91. The molecule has 1 aromatic carbocycles. The molecular formula is C15H22N2O3. The summed E-state index contributed by atoms with van der Waals surface area (Å²) in [5, 5.41) is 2.77. The molecule has 0 unspecified atom stereocenters. The summed E-state index contributed by atoms with van der Waals surface area (Å²) < 4.78 is 5.24. The molecule has 1 N–H and O–H groups in total. The predicted molar refractivity (Wildman–Crippen MR) is 78.3 cm³/mol. The molecule has 0 saturated heterocycles. The van der Waals surface area contributed by atoms with Gasteiger partial charge in [0.2, 0.25) is 11.8 Å². The van der Waals surface area contributed by atoms with E-state index in [2.05, 4.69) is 5.32 Å². The minimum absolute atomic E-state index is 0.00442. The van der Waals surface area contributed by atoms with Gasteiger partial charge in [-0.2, -0.15) is 0 Å². The van der Waals surface area contributed by atoms with Crippen molar-refractivity contribution in [2.45, 2.75) is 33.4 Å². The molecule has 0 aromatic heterocycles. The largest absolute Gasteiger partial charge is 0.369 e. The Balaban J connectivity index is 2.59. The van der Waals surface area contributed by atoms with Crippen molar-refractivity contribution < 1.29 is 14.3 Å². The summed E-state index contributed by atoms with van der Waals surface area (Å²) in [6.45, 7) is 5.84. The van der Waals surface area contributed by atoms with Crippen LogP contribution in [0.2, 0.25) is 0 Å². The van der Waals surface area contributed by atoms with Crippen molar-refractivity contribution >= 4 is 17.5 Å². The summed E-state index contributed by atoms with van der Waals surface area (Å²) in [4.78, 5) is 24.5. The normalized spacial score (nSPS) is 10.4. The van der Waals surface area contributed by atoms with Crippen LogP contribution in [-0.2, 0) is 20.9 Å². The maximum absolute atomic E-state index is 11.7. The van der Waals surface area contributed by atoms with E-state index in [4.69, 9.17) is 4.74 Å². The van der Waals surface area contributed by atoms with Crippen LogP contribution in [0.5, 0.6) is 0 Å². The molecule has 5 heteroatoms. The fraction of sp³-hybridized carbons (Fsp3) is 0.467. The molecule has 0 spiro atoms. The lowest BCUT2D eigenvalue weighted by molar-refractivity contribution is -0.128. The van der Waals surface area contributed by atoms with Crippen molar-refractivity contribution in [2.24, 2.45) is 0 Å². The first-order chi connectivity index (χ1) is 9.38. The molecule has 0 heterocycles. The molecule has 0 radical (unpaired) electrons. The van der Waals surface area contributed by atoms with Gasteiger partial charge in [-0.15, -0.1) is 0 Å². The Hall–Kier alpha value is -1.88. The minimum Gasteiger partial charge on any atom is -0.369 e. The van der Waals surface area contributed by atoms with Crippen molar-refractivity contribution in [1.29, 1.82) is 0 Å². The number of ether oxygens (including phenoxy) is 1. The van der Waals surface area contributed by atoms with Crippen LogP contribution in [-0.4, -0.2) is 36.5 Å². The Bertz CT molecular complexity index is 472. The van der Waals surface area contributed by atoms with Crippen LogP contribution < -0.4 is 5.32 Å². The standard InChI is InChI=1S/C15H22N2O3/c1-11(2)20-10-15(19)16-14-7-5-6-13(8-14)9-17(4)12(3)18/h5-8,11H,9-10H2,1-4H3,(H,16,19). The summed E-state index contributed by atoms with van der Waals surface area (Å²) in [5.41, 5.74) is 1.67. The number of hydrogen-bond donors (Lipinski definition) is 1. The smallest absolute Gasteiger partial charge is 0.250 e. The Kier molecular flexibility index (Phi) is 6.18. The van der Waals surface area contributed by atoms with Crippen molar-refractivity contribution in [1.82, 2.24) is 4.90 Å². The molecule has 0 bridgehead atoms. The van der Waals surface area contributed by atoms with Gasteiger partial charge < -0.3 is 15.0 Å². The maximum atomic E-state index is 11.7. The number of carbonyl (C=O) groups is 2. The van der Waals surface area contributed by atoms with E-state index in [0.29, 0.717) is 12.2 Å². The minimum atomic E-state index is -0.184. The summed E-state index contributed by atoms with van der Waals surface area (Å²) in [6.07, 6.45) is 0.0244. The molecule has 2 amide bonds. The first kappa shape index (κ1) is 16.2. The topological polar surface area (TPSA) is 58.6 Å². The van der Waals surface area contributed by atoms with Gasteiger partial charge in [0.15, 0.2) is 0 Å². The van der Waals surface area contributed by atoms with Crippen LogP contribution >= 0.6 is 0 Å². The van der Waals surface area contributed by atoms with E-state index in [9.17, 15) is 9.59 Å². The molecule has 1 aromatic rings. The molecule has 5 nitrogen and oxygen atoms in total. The van der Waals surface area contributed by atoms with Crippen LogP contribution in [0.4, 0.5) is 5.69 Å². The highest BCUT2D eigenvalue weighted by atomic mass is 16.5. The second-order valence-electron chi connectivity index (χ2n) is 4.98. The summed E-state index contributed by atoms with van der Waals surface area (Å²) >= 11 is 0. The molecule has 1 rings (SSSR count). The van der Waals surface area contributed by atoms with E-state index in [1.807, 2.05) is 38.1 Å². The van der Waals surface area contributed by atoms with Gasteiger partial charge in [-0.1, -0.05) is 12.1 Å². The van der Waals surface area contributed by atoms with Gasteiger partial charge >= 0.3 is 0 Å². The lowest BCUT2D eigenvalue weighted by atomic mass is 10.2. The second kappa shape index (κ2) is 7.65. The molecule has 0 atom stereocenters. The van der Waals surface area contributed by atoms with E-state index >= 15 is 0 Å². The average Bonchev–Trinajstić information content (AvgIpc) is 2.36. The fourth-order valence-corrected chi connectivity index (χ4v) is 1.57. The van der Waals surface area contributed by atoms with Gasteiger partial charge in [0, 0.05) is 26.2 Å². The Labute approximate surface area is 119 Å². The van der Waals surface area contributed by atoms with Crippen LogP contribution in [0.3, 0.4) is 0 Å². The SMILES string of the molecule is CC(=O)N(C)Cc1cccc(NC(=O)COC(C)C)c1. The fourth-order valence-electron chi connectivity index (χ4n) is 1.57. The van der Waals surface area contributed by atoms with E-state index < -0.39 is 0 Å². The predicted octanol–water partition coefficient (Wildman–Crippen LogP) is 2.03. The van der Waals surface area contributed by atoms with Crippen molar-refractivity contribution in [3.63, 3.8) is 0 Å². The van der Waals surface area contributed by atoms with E-state index in [1.165, 1.54) is 6.92 Å². The average molecular weight is 278 g/mol. The maximum Gasteiger partial charge on any atom is 0.250 e. The highest BCUT2D eigenvalue weighted by Gasteiger charge is 2.06. The number of nitrogens with zero attached hydrogens (tertiary/aromatic N) is 1. The Morgan fingerprint density at radius 2 is 2.05 bits per heavy atom. The lowest BCUT2D eigenvalue weighted by Crippen LogP contribution is -2.23. The number of anilines is 1. The molecule has 110 valence electrons. The van der Waals surface area contributed by atoms with Crippen LogP contribution in [0.25, 0.3) is 0 Å². The first-order valence-corrected chi connectivity index (χ1v) is 6.60.